The SMILES string of the molecule is CN1C[C@]2(N(C3CCCCC3)S(=O)(=O)O)CCC[C@@H](c3c(Cl)cccc3Cl)[C@]2(N(C2CCCCC2)S(=O)(=O)O)C1. The Hall–Kier alpha value is -0.500. The third kappa shape index (κ3) is 5.26. The predicted octanol–water partition coefficient (Wildman–Crippen LogP) is 5.56. The summed E-state index contributed by atoms with van der Waals surface area (Å²) in [5, 5.41) is 0.745. The minimum atomic E-state index is -4.85. The molecule has 1 saturated heterocycles. The largest absolute Gasteiger partial charge is 0.336 e. The molecule has 3 aliphatic carbocycles. The second-order valence-corrected chi connectivity index (χ2v) is 15.7. The number of hydrogen-bond acceptors (Lipinski definition) is 5. The second kappa shape index (κ2) is 11.5. The standard InChI is InChI=1S/C27H41Cl2N3O6S2/c1-30-18-26(31(39(33,34)35)20-10-4-2-5-11-20)17-9-14-22(25-23(28)15-8-16-24(25)29)27(26,19-30)32(40(36,37)38)21-12-6-3-7-13-21/h8,15-16,20-22H,2-7,9-14,17-19H2,1H3,(H,33,34,35)(H,36,37,38)/t22-,26+,27+/m0/s1. The molecule has 4 aliphatic rings. The van der Waals surface area contributed by atoms with Gasteiger partial charge in [-0.25, -0.2) is 0 Å². The first-order valence-electron chi connectivity index (χ1n) is 14.5. The molecule has 5 rings (SSSR count). The van der Waals surface area contributed by atoms with Gasteiger partial charge in [-0.3, -0.25) is 9.11 Å². The lowest BCUT2D eigenvalue weighted by Crippen LogP contribution is -2.78. The van der Waals surface area contributed by atoms with Gasteiger partial charge < -0.3 is 4.90 Å². The average molecular weight is 639 g/mol. The van der Waals surface area contributed by atoms with Gasteiger partial charge in [0.05, 0.1) is 11.1 Å². The molecule has 13 heteroatoms. The van der Waals surface area contributed by atoms with Crippen LogP contribution in [0.4, 0.5) is 0 Å². The number of hydrogen-bond donors (Lipinski definition) is 2. The Morgan fingerprint density at radius 1 is 0.775 bits per heavy atom. The third-order valence-electron chi connectivity index (χ3n) is 9.98. The minimum absolute atomic E-state index is 0.161. The maximum absolute atomic E-state index is 13.7. The van der Waals surface area contributed by atoms with Gasteiger partial charge >= 0.3 is 20.6 Å². The lowest BCUT2D eigenvalue weighted by molar-refractivity contribution is -0.0566. The lowest BCUT2D eigenvalue weighted by Gasteiger charge is -2.62. The number of likely N-dealkylation sites (tertiary alicyclic amines) is 1. The summed E-state index contributed by atoms with van der Waals surface area (Å²) in [5.41, 5.74) is -2.25. The molecule has 9 nitrogen and oxygen atoms in total. The minimum Gasteiger partial charge on any atom is -0.302 e. The number of halogens is 2. The van der Waals surface area contributed by atoms with Crippen molar-refractivity contribution in [1.29, 1.82) is 0 Å². The fourth-order valence-corrected chi connectivity index (χ4v) is 12.3. The smallest absolute Gasteiger partial charge is 0.302 e. The van der Waals surface area contributed by atoms with Crippen molar-refractivity contribution in [2.75, 3.05) is 20.1 Å². The Balaban J connectivity index is 1.85. The molecule has 1 aromatic carbocycles. The van der Waals surface area contributed by atoms with E-state index in [2.05, 4.69) is 0 Å². The Labute approximate surface area is 248 Å². The fourth-order valence-electron chi connectivity index (χ4n) is 8.90. The van der Waals surface area contributed by atoms with Gasteiger partial charge in [0.25, 0.3) is 0 Å². The van der Waals surface area contributed by atoms with Crippen molar-refractivity contribution in [2.24, 2.45) is 0 Å². The zero-order valence-corrected chi connectivity index (χ0v) is 26.2. The van der Waals surface area contributed by atoms with Crippen molar-refractivity contribution < 1.29 is 25.9 Å². The molecule has 0 spiro atoms. The van der Waals surface area contributed by atoms with Crippen LogP contribution in [-0.4, -0.2) is 82.8 Å². The number of rotatable bonds is 7. The fraction of sp³-hybridized carbons (Fsp3) is 0.778. The van der Waals surface area contributed by atoms with Gasteiger partial charge in [0.1, 0.15) is 0 Å². The van der Waals surface area contributed by atoms with Crippen LogP contribution in [0.1, 0.15) is 95.0 Å². The second-order valence-electron chi connectivity index (χ2n) is 12.3. The van der Waals surface area contributed by atoms with E-state index < -0.39 is 49.7 Å². The van der Waals surface area contributed by atoms with E-state index in [1.807, 2.05) is 11.9 Å². The molecule has 0 bridgehead atoms. The normalized spacial score (nSPS) is 31.6. The monoisotopic (exact) mass is 637 g/mol. The predicted molar refractivity (Wildman–Crippen MR) is 157 cm³/mol. The van der Waals surface area contributed by atoms with Crippen molar-refractivity contribution >= 4 is 43.8 Å². The maximum Gasteiger partial charge on any atom is 0.336 e. The summed E-state index contributed by atoms with van der Waals surface area (Å²) >= 11 is 13.6. The molecule has 3 atom stereocenters. The van der Waals surface area contributed by atoms with Crippen molar-refractivity contribution in [2.45, 2.75) is 113 Å². The van der Waals surface area contributed by atoms with Crippen LogP contribution in [0, 0.1) is 0 Å². The quantitative estimate of drug-likeness (QED) is 0.376. The number of likely N-dealkylation sites (N-methyl/N-ethyl adjacent to an activating group) is 1. The van der Waals surface area contributed by atoms with Gasteiger partial charge in [-0.2, -0.15) is 25.4 Å². The van der Waals surface area contributed by atoms with Crippen molar-refractivity contribution in [3.8, 4) is 0 Å². The van der Waals surface area contributed by atoms with E-state index in [4.69, 9.17) is 23.2 Å². The first-order valence-corrected chi connectivity index (χ1v) is 18.0. The molecule has 4 fully saturated rings. The van der Waals surface area contributed by atoms with Crippen LogP contribution in [-0.2, 0) is 20.6 Å². The van der Waals surface area contributed by atoms with Crippen LogP contribution >= 0.6 is 23.2 Å². The topological polar surface area (TPSA) is 118 Å². The van der Waals surface area contributed by atoms with E-state index in [9.17, 15) is 25.9 Å². The summed E-state index contributed by atoms with van der Waals surface area (Å²) in [6.07, 6.45) is 8.87. The Bertz CT molecular complexity index is 1280. The Kier molecular flexibility index (Phi) is 8.93. The summed E-state index contributed by atoms with van der Waals surface area (Å²) < 4.78 is 79.0. The molecule has 2 N–H and O–H groups in total. The Morgan fingerprint density at radius 3 is 1.77 bits per heavy atom. The van der Waals surface area contributed by atoms with Crippen LogP contribution in [0.2, 0.25) is 10.0 Å². The van der Waals surface area contributed by atoms with Crippen molar-refractivity contribution in [3.63, 3.8) is 0 Å². The number of benzene rings is 1. The molecule has 0 unspecified atom stereocenters. The Morgan fingerprint density at radius 2 is 1.27 bits per heavy atom. The van der Waals surface area contributed by atoms with Crippen molar-refractivity contribution in [3.05, 3.63) is 33.8 Å². The molecule has 1 aliphatic heterocycles. The molecule has 0 aromatic heterocycles. The number of nitrogens with zero attached hydrogens (tertiary/aromatic N) is 3. The maximum atomic E-state index is 13.7. The molecular formula is C27H41Cl2N3O6S2. The third-order valence-corrected chi connectivity index (χ3v) is 12.9. The summed E-state index contributed by atoms with van der Waals surface area (Å²) in [6, 6.07) is 4.15. The van der Waals surface area contributed by atoms with Crippen LogP contribution in [0.5, 0.6) is 0 Å². The van der Waals surface area contributed by atoms with Gasteiger partial charge in [0.15, 0.2) is 0 Å². The van der Waals surface area contributed by atoms with E-state index >= 15 is 0 Å². The molecule has 3 saturated carbocycles. The molecule has 1 heterocycles. The molecule has 0 radical (unpaired) electrons. The molecular weight excluding hydrogens is 597 g/mol. The zero-order chi connectivity index (χ0) is 28.9. The summed E-state index contributed by atoms with van der Waals surface area (Å²) in [6.45, 7) is 0.370. The molecule has 0 amide bonds. The average Bonchev–Trinajstić information content (AvgIpc) is 3.16. The summed E-state index contributed by atoms with van der Waals surface area (Å²) in [7, 11) is -7.79. The van der Waals surface area contributed by atoms with E-state index in [1.165, 1.54) is 8.61 Å². The highest BCUT2D eigenvalue weighted by Gasteiger charge is 2.73. The zero-order valence-electron chi connectivity index (χ0n) is 23.0. The highest BCUT2D eigenvalue weighted by Crippen LogP contribution is 2.61. The lowest BCUT2D eigenvalue weighted by atomic mass is 9.59. The van der Waals surface area contributed by atoms with Crippen LogP contribution in [0.3, 0.4) is 0 Å². The van der Waals surface area contributed by atoms with Crippen molar-refractivity contribution in [1.82, 2.24) is 13.5 Å². The number of fused-ring (bicyclic) bond motifs is 1. The van der Waals surface area contributed by atoms with Gasteiger partial charge in [0.2, 0.25) is 0 Å². The molecule has 1 aromatic rings. The molecule has 226 valence electrons. The highest BCUT2D eigenvalue weighted by molar-refractivity contribution is 7.83. The van der Waals surface area contributed by atoms with Gasteiger partial charge in [-0.15, -0.1) is 0 Å². The van der Waals surface area contributed by atoms with Gasteiger partial charge in [-0.1, -0.05) is 74.2 Å². The molecule has 40 heavy (non-hydrogen) atoms. The first kappa shape index (κ1) is 30.9. The van der Waals surface area contributed by atoms with Crippen LogP contribution in [0.25, 0.3) is 0 Å². The highest BCUT2D eigenvalue weighted by atomic mass is 35.5. The van der Waals surface area contributed by atoms with Crippen LogP contribution < -0.4 is 0 Å². The van der Waals surface area contributed by atoms with Gasteiger partial charge in [0, 0.05) is 41.1 Å². The summed E-state index contributed by atoms with van der Waals surface area (Å²) in [4.78, 5) is 1.95. The van der Waals surface area contributed by atoms with E-state index in [0.717, 1.165) is 38.5 Å². The van der Waals surface area contributed by atoms with Crippen LogP contribution in [0.15, 0.2) is 18.2 Å². The van der Waals surface area contributed by atoms with E-state index in [-0.39, 0.29) is 13.1 Å². The van der Waals surface area contributed by atoms with E-state index in [1.54, 1.807) is 18.2 Å². The van der Waals surface area contributed by atoms with E-state index in [0.29, 0.717) is 60.6 Å². The first-order chi connectivity index (χ1) is 18.8. The van der Waals surface area contributed by atoms with Gasteiger partial charge in [-0.05, 0) is 63.3 Å². The summed E-state index contributed by atoms with van der Waals surface area (Å²) in [5.74, 6) is -0.621.